The fraction of sp³-hybridized carbons (Fsp3) is 0.471. The maximum atomic E-state index is 9.87. The molecule has 1 fully saturated rings. The van der Waals surface area contributed by atoms with Gasteiger partial charge < -0.3 is 15.7 Å². The first-order valence-electron chi connectivity index (χ1n) is 8.21. The molecule has 25 heavy (non-hydrogen) atoms. The van der Waals surface area contributed by atoms with Gasteiger partial charge in [0.05, 0.1) is 18.0 Å². The number of nitrogens with zero attached hydrogens (tertiary/aromatic N) is 5. The van der Waals surface area contributed by atoms with Crippen LogP contribution in [0, 0.1) is 16.7 Å². The molecule has 0 aliphatic heterocycles. The Balaban J connectivity index is 1.65. The van der Waals surface area contributed by atoms with E-state index in [1.807, 2.05) is 13.8 Å². The molecule has 0 unspecified atom stereocenters. The summed E-state index contributed by atoms with van der Waals surface area (Å²) in [5.74, 6) is 0.938. The normalized spacial score (nSPS) is 21.0. The van der Waals surface area contributed by atoms with E-state index >= 15 is 0 Å². The van der Waals surface area contributed by atoms with E-state index in [4.69, 9.17) is 0 Å². The highest BCUT2D eigenvalue weighted by Gasteiger charge is 2.47. The topological polar surface area (TPSA) is 120 Å². The second kappa shape index (κ2) is 6.99. The van der Waals surface area contributed by atoms with E-state index in [0.717, 1.165) is 5.69 Å². The summed E-state index contributed by atoms with van der Waals surface area (Å²) in [6, 6.07) is 2.17. The number of aromatic nitrogens is 4. The number of aliphatic hydroxyl groups is 1. The number of nitrogens with one attached hydrogen (secondary N) is 2. The smallest absolute Gasteiger partial charge is 0.224 e. The maximum Gasteiger partial charge on any atom is 0.224 e. The summed E-state index contributed by atoms with van der Waals surface area (Å²) in [5, 5.41) is 25.5. The highest BCUT2D eigenvalue weighted by atomic mass is 16.3. The van der Waals surface area contributed by atoms with Crippen LogP contribution in [0.2, 0.25) is 0 Å². The summed E-state index contributed by atoms with van der Waals surface area (Å²) < 4.78 is 0. The Hall–Kier alpha value is -2.79. The van der Waals surface area contributed by atoms with E-state index in [1.54, 1.807) is 18.6 Å². The minimum absolute atomic E-state index is 0.0666. The van der Waals surface area contributed by atoms with Crippen LogP contribution in [0.4, 0.5) is 11.8 Å². The average molecular weight is 339 g/mol. The molecule has 0 saturated heterocycles. The van der Waals surface area contributed by atoms with Gasteiger partial charge in [0.1, 0.15) is 17.5 Å². The van der Waals surface area contributed by atoms with Gasteiger partial charge in [0.2, 0.25) is 5.95 Å². The summed E-state index contributed by atoms with van der Waals surface area (Å²) in [6.07, 6.45) is 7.50. The first kappa shape index (κ1) is 17.0. The molecular formula is C17H21N7O. The molecule has 3 N–H and O–H groups in total. The Morgan fingerprint density at radius 3 is 2.80 bits per heavy atom. The maximum absolute atomic E-state index is 9.87. The zero-order valence-corrected chi connectivity index (χ0v) is 14.3. The quantitative estimate of drug-likeness (QED) is 0.722. The monoisotopic (exact) mass is 339 g/mol. The van der Waals surface area contributed by atoms with Gasteiger partial charge in [-0.1, -0.05) is 13.8 Å². The molecule has 0 radical (unpaired) electrons. The van der Waals surface area contributed by atoms with Crippen molar-refractivity contribution in [2.75, 3.05) is 17.2 Å². The van der Waals surface area contributed by atoms with Gasteiger partial charge in [-0.05, 0) is 6.42 Å². The van der Waals surface area contributed by atoms with Crippen molar-refractivity contribution in [2.24, 2.45) is 5.41 Å². The molecule has 0 aromatic carbocycles. The van der Waals surface area contributed by atoms with Gasteiger partial charge in [-0.15, -0.1) is 0 Å². The average Bonchev–Trinajstić information content (AvgIpc) is 2.62. The van der Waals surface area contributed by atoms with Gasteiger partial charge in [0.25, 0.3) is 0 Å². The lowest BCUT2D eigenvalue weighted by molar-refractivity contribution is -0.0511. The van der Waals surface area contributed by atoms with Crippen LogP contribution in [-0.2, 0) is 6.42 Å². The third kappa shape index (κ3) is 3.67. The van der Waals surface area contributed by atoms with Crippen LogP contribution in [0.5, 0.6) is 0 Å². The molecule has 3 rings (SSSR count). The van der Waals surface area contributed by atoms with Crippen LogP contribution in [0.1, 0.15) is 31.5 Å². The van der Waals surface area contributed by atoms with Crippen LogP contribution < -0.4 is 10.6 Å². The van der Waals surface area contributed by atoms with Gasteiger partial charge in [-0.25, -0.2) is 4.98 Å². The Kier molecular flexibility index (Phi) is 4.76. The first-order chi connectivity index (χ1) is 12.0. The van der Waals surface area contributed by atoms with E-state index in [0.29, 0.717) is 36.7 Å². The van der Waals surface area contributed by atoms with Gasteiger partial charge in [-0.2, -0.15) is 10.2 Å². The van der Waals surface area contributed by atoms with Crippen LogP contribution in [0.3, 0.4) is 0 Å². The van der Waals surface area contributed by atoms with Crippen LogP contribution in [0.15, 0.2) is 24.8 Å². The number of rotatable bonds is 6. The van der Waals surface area contributed by atoms with Crippen molar-refractivity contribution in [3.05, 3.63) is 36.0 Å². The van der Waals surface area contributed by atoms with E-state index in [-0.39, 0.29) is 17.6 Å². The van der Waals surface area contributed by atoms with Gasteiger partial charge in [-0.3, -0.25) is 9.97 Å². The first-order valence-corrected chi connectivity index (χ1v) is 8.21. The fourth-order valence-corrected chi connectivity index (χ4v) is 2.73. The SMILES string of the molecule is CC1(C)[C@@H](O)C[C@H]1Nc1nc(NCCc2cnccn2)ncc1C#N. The predicted octanol–water partition coefficient (Wildman–Crippen LogP) is 1.36. The van der Waals surface area contributed by atoms with Gasteiger partial charge in [0, 0.05) is 43.0 Å². The molecule has 130 valence electrons. The van der Waals surface area contributed by atoms with Crippen molar-refractivity contribution < 1.29 is 5.11 Å². The molecule has 2 aromatic heterocycles. The lowest BCUT2D eigenvalue weighted by Gasteiger charge is -2.49. The molecular weight excluding hydrogens is 318 g/mol. The molecule has 8 heteroatoms. The Labute approximate surface area is 146 Å². The highest BCUT2D eigenvalue weighted by molar-refractivity contribution is 5.54. The van der Waals surface area contributed by atoms with E-state index in [2.05, 4.69) is 36.6 Å². The highest BCUT2D eigenvalue weighted by Crippen LogP contribution is 2.42. The minimum Gasteiger partial charge on any atom is -0.392 e. The van der Waals surface area contributed by atoms with Crippen molar-refractivity contribution in [1.82, 2.24) is 19.9 Å². The van der Waals surface area contributed by atoms with Crippen molar-refractivity contribution in [1.29, 1.82) is 5.26 Å². The number of hydrogen-bond donors (Lipinski definition) is 3. The largest absolute Gasteiger partial charge is 0.392 e. The molecule has 1 aliphatic rings. The Bertz CT molecular complexity index is 772. The number of hydrogen-bond acceptors (Lipinski definition) is 8. The molecule has 1 saturated carbocycles. The standard InChI is InChI=1S/C17H21N7O/c1-17(2)13(7-14(17)25)23-15-11(8-18)9-22-16(24-15)21-4-3-12-10-19-5-6-20-12/h5-6,9-10,13-14,25H,3-4,7H2,1-2H3,(H2,21,22,23,24)/t13-,14+/m1/s1. The number of aliphatic hydroxyl groups excluding tert-OH is 1. The zero-order valence-electron chi connectivity index (χ0n) is 14.3. The van der Waals surface area contributed by atoms with Crippen molar-refractivity contribution in [3.8, 4) is 6.07 Å². The molecule has 2 atom stereocenters. The summed E-state index contributed by atoms with van der Waals surface area (Å²) in [4.78, 5) is 16.8. The third-order valence-corrected chi connectivity index (χ3v) is 4.72. The Morgan fingerprint density at radius 1 is 1.32 bits per heavy atom. The number of anilines is 2. The van der Waals surface area contributed by atoms with E-state index in [1.165, 1.54) is 6.20 Å². The second-order valence-electron chi connectivity index (χ2n) is 6.71. The lowest BCUT2D eigenvalue weighted by atomic mass is 9.64. The van der Waals surface area contributed by atoms with Gasteiger partial charge >= 0.3 is 0 Å². The van der Waals surface area contributed by atoms with Crippen LogP contribution >= 0.6 is 0 Å². The molecule has 0 amide bonds. The summed E-state index contributed by atoms with van der Waals surface area (Å²) in [5.41, 5.74) is 1.01. The molecule has 2 heterocycles. The summed E-state index contributed by atoms with van der Waals surface area (Å²) >= 11 is 0. The Morgan fingerprint density at radius 2 is 2.16 bits per heavy atom. The zero-order chi connectivity index (χ0) is 17.9. The fourth-order valence-electron chi connectivity index (χ4n) is 2.73. The molecule has 8 nitrogen and oxygen atoms in total. The molecule has 2 aromatic rings. The minimum atomic E-state index is -0.345. The van der Waals surface area contributed by atoms with Crippen LogP contribution in [0.25, 0.3) is 0 Å². The number of nitriles is 1. The predicted molar refractivity (Wildman–Crippen MR) is 92.8 cm³/mol. The van der Waals surface area contributed by atoms with E-state index < -0.39 is 0 Å². The molecule has 1 aliphatic carbocycles. The lowest BCUT2D eigenvalue weighted by Crippen LogP contribution is -2.57. The van der Waals surface area contributed by atoms with Crippen molar-refractivity contribution in [3.63, 3.8) is 0 Å². The third-order valence-electron chi connectivity index (χ3n) is 4.72. The summed E-state index contributed by atoms with van der Waals surface area (Å²) in [7, 11) is 0. The molecule has 0 spiro atoms. The van der Waals surface area contributed by atoms with Crippen LogP contribution in [-0.4, -0.2) is 43.7 Å². The second-order valence-corrected chi connectivity index (χ2v) is 6.71. The summed E-state index contributed by atoms with van der Waals surface area (Å²) in [6.45, 7) is 4.59. The molecule has 0 bridgehead atoms. The van der Waals surface area contributed by atoms with E-state index in [9.17, 15) is 10.4 Å². The van der Waals surface area contributed by atoms with Gasteiger partial charge in [0.15, 0.2) is 0 Å². The van der Waals surface area contributed by atoms with Crippen molar-refractivity contribution in [2.45, 2.75) is 38.8 Å². The van der Waals surface area contributed by atoms with Crippen molar-refractivity contribution >= 4 is 11.8 Å².